The van der Waals surface area contributed by atoms with E-state index in [9.17, 15) is 4.79 Å². The maximum Gasteiger partial charge on any atom is 0.256 e. The number of anilines is 1. The standard InChI is InChI=1S/C22H14N4OS/c27-22(23-14-7-2-1-3-8-14)17-13-20(24-18-11-5-4-9-15(17)18)16-10-6-12-19-21(16)28-26-25-19/h1-13H,(H,23,27). The van der Waals surface area contributed by atoms with Gasteiger partial charge in [-0.2, -0.15) is 0 Å². The molecule has 0 atom stereocenters. The Hall–Kier alpha value is -3.64. The van der Waals surface area contributed by atoms with Crippen LogP contribution >= 0.6 is 11.5 Å². The number of hydrogen-bond donors (Lipinski definition) is 1. The van der Waals surface area contributed by atoms with E-state index in [-0.39, 0.29) is 5.91 Å². The van der Waals surface area contributed by atoms with E-state index in [1.54, 1.807) is 0 Å². The minimum Gasteiger partial charge on any atom is -0.322 e. The second kappa shape index (κ2) is 6.83. The maximum atomic E-state index is 13.1. The summed E-state index contributed by atoms with van der Waals surface area (Å²) in [5.74, 6) is -0.166. The molecule has 0 saturated carbocycles. The number of nitrogens with one attached hydrogen (secondary N) is 1. The molecule has 1 N–H and O–H groups in total. The minimum absolute atomic E-state index is 0.166. The molecule has 0 saturated heterocycles. The van der Waals surface area contributed by atoms with Gasteiger partial charge in [0.05, 0.1) is 21.5 Å². The van der Waals surface area contributed by atoms with E-state index in [0.717, 1.165) is 38.1 Å². The number of para-hydroxylation sites is 2. The maximum absolute atomic E-state index is 13.1. The van der Waals surface area contributed by atoms with Crippen LogP contribution in [0.15, 0.2) is 78.9 Å². The highest BCUT2D eigenvalue weighted by Gasteiger charge is 2.16. The molecule has 134 valence electrons. The summed E-state index contributed by atoms with van der Waals surface area (Å²) in [5, 5.41) is 7.93. The van der Waals surface area contributed by atoms with Crippen molar-refractivity contribution in [3.05, 3.63) is 84.4 Å². The average Bonchev–Trinajstić information content (AvgIpc) is 3.22. The lowest BCUT2D eigenvalue weighted by Gasteiger charge is -2.11. The number of carbonyl (C=O) groups is 1. The van der Waals surface area contributed by atoms with Crippen LogP contribution in [-0.4, -0.2) is 20.5 Å². The van der Waals surface area contributed by atoms with Crippen molar-refractivity contribution < 1.29 is 4.79 Å². The summed E-state index contributed by atoms with van der Waals surface area (Å²) in [5.41, 5.74) is 4.59. The van der Waals surface area contributed by atoms with Crippen molar-refractivity contribution in [3.63, 3.8) is 0 Å². The molecule has 0 bridgehead atoms. The molecule has 5 nitrogen and oxygen atoms in total. The van der Waals surface area contributed by atoms with Crippen LogP contribution in [0.25, 0.3) is 32.4 Å². The van der Waals surface area contributed by atoms with E-state index in [1.807, 2.05) is 78.9 Å². The van der Waals surface area contributed by atoms with E-state index in [2.05, 4.69) is 14.9 Å². The fourth-order valence-corrected chi connectivity index (χ4v) is 3.91. The molecular weight excluding hydrogens is 368 g/mol. The van der Waals surface area contributed by atoms with E-state index in [0.29, 0.717) is 5.56 Å². The van der Waals surface area contributed by atoms with E-state index >= 15 is 0 Å². The van der Waals surface area contributed by atoms with Crippen LogP contribution in [0.4, 0.5) is 5.69 Å². The second-order valence-corrected chi connectivity index (χ2v) is 7.07. The summed E-state index contributed by atoms with van der Waals surface area (Å²) in [7, 11) is 0. The molecule has 1 amide bonds. The molecule has 5 aromatic rings. The van der Waals surface area contributed by atoms with Crippen LogP contribution in [0.5, 0.6) is 0 Å². The van der Waals surface area contributed by atoms with Crippen molar-refractivity contribution in [2.75, 3.05) is 5.32 Å². The third-order valence-electron chi connectivity index (χ3n) is 4.54. The zero-order valence-electron chi connectivity index (χ0n) is 14.7. The molecule has 0 fully saturated rings. The van der Waals surface area contributed by atoms with Crippen molar-refractivity contribution in [2.24, 2.45) is 0 Å². The van der Waals surface area contributed by atoms with Gasteiger partial charge in [0.15, 0.2) is 0 Å². The third kappa shape index (κ3) is 2.90. The Balaban J connectivity index is 1.68. The number of amides is 1. The lowest BCUT2D eigenvalue weighted by molar-refractivity contribution is 0.102. The smallest absolute Gasteiger partial charge is 0.256 e. The average molecular weight is 382 g/mol. The Morgan fingerprint density at radius 2 is 1.64 bits per heavy atom. The Bertz CT molecular complexity index is 1310. The van der Waals surface area contributed by atoms with Crippen LogP contribution < -0.4 is 5.32 Å². The van der Waals surface area contributed by atoms with E-state index in [4.69, 9.17) is 4.98 Å². The normalized spacial score (nSPS) is 11.0. The molecule has 3 aromatic carbocycles. The highest BCUT2D eigenvalue weighted by Crippen LogP contribution is 2.31. The van der Waals surface area contributed by atoms with Crippen LogP contribution in [0.1, 0.15) is 10.4 Å². The molecule has 28 heavy (non-hydrogen) atoms. The van der Waals surface area contributed by atoms with Crippen molar-refractivity contribution in [3.8, 4) is 11.3 Å². The van der Waals surface area contributed by atoms with Crippen LogP contribution in [-0.2, 0) is 0 Å². The minimum atomic E-state index is -0.166. The van der Waals surface area contributed by atoms with Gasteiger partial charge in [-0.15, -0.1) is 5.10 Å². The number of aromatic nitrogens is 3. The Labute approximate surface area is 164 Å². The molecule has 0 aliphatic carbocycles. The number of nitrogens with zero attached hydrogens (tertiary/aromatic N) is 3. The molecule has 0 radical (unpaired) electrons. The summed E-state index contributed by atoms with van der Waals surface area (Å²) in [6.45, 7) is 0. The first-order valence-corrected chi connectivity index (χ1v) is 9.54. The summed E-state index contributed by atoms with van der Waals surface area (Å²) in [6, 6.07) is 24.8. The number of carbonyl (C=O) groups excluding carboxylic acids is 1. The van der Waals surface area contributed by atoms with Gasteiger partial charge < -0.3 is 5.32 Å². The topological polar surface area (TPSA) is 67.8 Å². The third-order valence-corrected chi connectivity index (χ3v) is 5.32. The van der Waals surface area contributed by atoms with Gasteiger partial charge in [0.1, 0.15) is 5.52 Å². The zero-order chi connectivity index (χ0) is 18.9. The van der Waals surface area contributed by atoms with Crippen molar-refractivity contribution in [1.82, 2.24) is 14.6 Å². The molecule has 0 aliphatic rings. The molecule has 0 unspecified atom stereocenters. The summed E-state index contributed by atoms with van der Waals surface area (Å²) >= 11 is 1.33. The van der Waals surface area contributed by atoms with Gasteiger partial charge in [-0.3, -0.25) is 4.79 Å². The number of fused-ring (bicyclic) bond motifs is 2. The summed E-state index contributed by atoms with van der Waals surface area (Å²) in [6.07, 6.45) is 0. The number of benzene rings is 3. The lowest BCUT2D eigenvalue weighted by atomic mass is 10.0. The molecule has 2 aromatic heterocycles. The SMILES string of the molecule is O=C(Nc1ccccc1)c1cc(-c2cccc3nnsc23)nc2ccccc12. The quantitative estimate of drug-likeness (QED) is 0.468. The first-order chi connectivity index (χ1) is 13.8. The van der Waals surface area contributed by atoms with Gasteiger partial charge in [-0.1, -0.05) is 53.0 Å². The summed E-state index contributed by atoms with van der Waals surface area (Å²) in [4.78, 5) is 17.9. The second-order valence-electron chi connectivity index (χ2n) is 6.32. The number of pyridine rings is 1. The first kappa shape index (κ1) is 16.5. The molecule has 6 heteroatoms. The molecule has 2 heterocycles. The number of rotatable bonds is 3. The molecule has 5 rings (SSSR count). The summed E-state index contributed by atoms with van der Waals surface area (Å²) < 4.78 is 5.01. The Kier molecular flexibility index (Phi) is 4.03. The van der Waals surface area contributed by atoms with Gasteiger partial charge in [-0.05, 0) is 41.9 Å². The predicted molar refractivity (Wildman–Crippen MR) is 113 cm³/mol. The van der Waals surface area contributed by atoms with Crippen LogP contribution in [0, 0.1) is 0 Å². The van der Waals surface area contributed by atoms with E-state index < -0.39 is 0 Å². The Morgan fingerprint density at radius 1 is 0.857 bits per heavy atom. The monoisotopic (exact) mass is 382 g/mol. The molecule has 0 spiro atoms. The fraction of sp³-hybridized carbons (Fsp3) is 0. The lowest BCUT2D eigenvalue weighted by Crippen LogP contribution is -2.13. The first-order valence-electron chi connectivity index (χ1n) is 8.77. The van der Waals surface area contributed by atoms with E-state index in [1.165, 1.54) is 11.5 Å². The highest BCUT2D eigenvalue weighted by molar-refractivity contribution is 7.13. The van der Waals surface area contributed by atoms with Gasteiger partial charge in [0.25, 0.3) is 5.91 Å². The van der Waals surface area contributed by atoms with Crippen molar-refractivity contribution >= 4 is 44.2 Å². The van der Waals surface area contributed by atoms with Crippen molar-refractivity contribution in [2.45, 2.75) is 0 Å². The van der Waals surface area contributed by atoms with Gasteiger partial charge in [0, 0.05) is 16.6 Å². The van der Waals surface area contributed by atoms with Crippen LogP contribution in [0.2, 0.25) is 0 Å². The number of hydrogen-bond acceptors (Lipinski definition) is 5. The molecule has 0 aliphatic heterocycles. The predicted octanol–water partition coefficient (Wildman–Crippen LogP) is 5.16. The Morgan fingerprint density at radius 3 is 2.54 bits per heavy atom. The molecular formula is C22H14N4OS. The highest BCUT2D eigenvalue weighted by atomic mass is 32.1. The van der Waals surface area contributed by atoms with Gasteiger partial charge >= 0.3 is 0 Å². The van der Waals surface area contributed by atoms with Gasteiger partial charge in [-0.25, -0.2) is 4.98 Å². The van der Waals surface area contributed by atoms with Crippen LogP contribution in [0.3, 0.4) is 0 Å². The fourth-order valence-electron chi connectivity index (χ4n) is 3.23. The van der Waals surface area contributed by atoms with Crippen molar-refractivity contribution in [1.29, 1.82) is 0 Å². The largest absolute Gasteiger partial charge is 0.322 e. The van der Waals surface area contributed by atoms with Gasteiger partial charge in [0.2, 0.25) is 0 Å². The zero-order valence-corrected chi connectivity index (χ0v) is 15.5.